The summed E-state index contributed by atoms with van der Waals surface area (Å²) in [6.45, 7) is -1.50. The van der Waals surface area contributed by atoms with Gasteiger partial charge in [0.15, 0.2) is 41.6 Å². The third kappa shape index (κ3) is 5.26. The number of aromatic nitrogens is 8. The molecule has 4 aromatic rings. The van der Waals surface area contributed by atoms with Crippen molar-refractivity contribution in [3.8, 4) is 0 Å². The number of phosphoric acid groups is 2. The van der Waals surface area contributed by atoms with E-state index in [0.717, 1.165) is 13.4 Å². The number of rotatable bonds is 3. The van der Waals surface area contributed by atoms with Gasteiger partial charge in [0.2, 0.25) is 0 Å². The number of phosphoric ester groups is 2. The van der Waals surface area contributed by atoms with Crippen molar-refractivity contribution in [1.29, 1.82) is 0 Å². The summed E-state index contributed by atoms with van der Waals surface area (Å²) in [7, 11) is -8.66. The Labute approximate surface area is 250 Å². The molecule has 45 heavy (non-hydrogen) atoms. The van der Waals surface area contributed by atoms with Crippen LogP contribution >= 0.6 is 15.6 Å². The summed E-state index contributed by atoms with van der Waals surface area (Å²) in [6.07, 6.45) is -8.02. The van der Waals surface area contributed by atoms with Crippen molar-refractivity contribution in [3.05, 3.63) is 25.3 Å². The second-order valence-corrected chi connectivity index (χ2v) is 13.2. The molecule has 24 heteroatoms. The molecule has 0 aromatic carbocycles. The average Bonchev–Trinajstić information content (AvgIpc) is 3.77. The number of fused-ring (bicyclic) bond motifs is 5. The lowest BCUT2D eigenvalue weighted by Crippen LogP contribution is -2.35. The standard InChI is InChI=1S/C21H25FN10O11P2/c1-37-45(36)39-3-9-14(10(22)20(41-9)31-6-29-11-16(23)25-4-27-18(11)31)42-44(34,35)38-2-8-13(33)15(43-45)21(40-8)32-7-30-12-17(24)26-5-28-19(12)32/h4-10,13-15,20-21,33H,2-3H2,1H3,(H,34,35)(H2,23,25,27)(H2,24,26,28)/t8-,9-,10+,13?,14?,15+,20-,21-,45?/m1/s1. The largest absolute Gasteiger partial charge is 0.475 e. The SMILES string of the molecule is COP1(=O)OC[C@H]2O[C@@H](n3cnc4c(N)ncnc43)[C@@H](F)C2OP(=O)(O)OC[C@H]2O[C@@H](n3cnc4c(N)ncnc43)[C@@H](O1)C2O. The van der Waals surface area contributed by atoms with Gasteiger partial charge in [-0.05, 0) is 0 Å². The minimum absolute atomic E-state index is 0.0256. The molecule has 0 amide bonds. The van der Waals surface area contributed by atoms with E-state index in [1.54, 1.807) is 0 Å². The Balaban J connectivity index is 1.22. The first-order valence-corrected chi connectivity index (χ1v) is 16.1. The van der Waals surface area contributed by atoms with Crippen molar-refractivity contribution in [2.75, 3.05) is 31.8 Å². The first kappa shape index (κ1) is 30.4. The van der Waals surface area contributed by atoms with Gasteiger partial charge in [-0.3, -0.25) is 31.8 Å². The van der Waals surface area contributed by atoms with Crippen LogP contribution in [0.1, 0.15) is 12.5 Å². The average molecular weight is 674 g/mol. The number of imidazole rings is 2. The summed E-state index contributed by atoms with van der Waals surface area (Å²) in [5, 5.41) is 11.1. The van der Waals surface area contributed by atoms with E-state index in [-0.39, 0.29) is 34.0 Å². The summed E-state index contributed by atoms with van der Waals surface area (Å²) in [6, 6.07) is 0. The number of aliphatic hydroxyl groups is 1. The van der Waals surface area contributed by atoms with Crippen LogP contribution in [0.2, 0.25) is 0 Å². The van der Waals surface area contributed by atoms with Crippen LogP contribution in [0.4, 0.5) is 16.0 Å². The molecule has 7 heterocycles. The fourth-order valence-electron chi connectivity index (χ4n) is 5.28. The molecule has 4 aromatic heterocycles. The summed E-state index contributed by atoms with van der Waals surface area (Å²) in [5.74, 6) is 0.0777. The summed E-state index contributed by atoms with van der Waals surface area (Å²) in [5.41, 5.74) is 12.3. The minimum atomic E-state index is -5.08. The molecule has 242 valence electrons. The maximum absolute atomic E-state index is 16.0. The molecule has 0 saturated carbocycles. The zero-order valence-electron chi connectivity index (χ0n) is 22.9. The molecule has 10 atom stereocenters. The number of hydrogen-bond acceptors (Lipinski definition) is 18. The number of halogens is 1. The van der Waals surface area contributed by atoms with Crippen molar-refractivity contribution in [2.45, 2.75) is 49.1 Å². The fourth-order valence-corrected chi connectivity index (χ4v) is 7.34. The maximum atomic E-state index is 16.0. The van der Waals surface area contributed by atoms with Gasteiger partial charge in [-0.1, -0.05) is 0 Å². The number of nitrogen functional groups attached to an aromatic ring is 2. The third-order valence-electron chi connectivity index (χ3n) is 7.43. The van der Waals surface area contributed by atoms with Crippen LogP contribution in [0.3, 0.4) is 0 Å². The highest BCUT2D eigenvalue weighted by atomic mass is 31.2. The van der Waals surface area contributed by atoms with E-state index in [4.69, 9.17) is 43.6 Å². The van der Waals surface area contributed by atoms with Crippen LogP contribution in [0.5, 0.6) is 0 Å². The molecule has 2 bridgehead atoms. The molecule has 3 aliphatic rings. The topological polar surface area (TPSA) is 278 Å². The monoisotopic (exact) mass is 674 g/mol. The van der Waals surface area contributed by atoms with E-state index in [9.17, 15) is 19.1 Å². The van der Waals surface area contributed by atoms with Gasteiger partial charge in [-0.25, -0.2) is 43.4 Å². The molecule has 6 N–H and O–H groups in total. The van der Waals surface area contributed by atoms with Gasteiger partial charge >= 0.3 is 15.6 Å². The van der Waals surface area contributed by atoms with E-state index in [1.807, 2.05) is 0 Å². The van der Waals surface area contributed by atoms with E-state index in [1.165, 1.54) is 28.1 Å². The van der Waals surface area contributed by atoms with Gasteiger partial charge in [0.05, 0.1) is 25.9 Å². The molecule has 0 aliphatic carbocycles. The first-order chi connectivity index (χ1) is 21.5. The number of hydrogen-bond donors (Lipinski definition) is 4. The Morgan fingerprint density at radius 2 is 1.44 bits per heavy atom. The molecule has 21 nitrogen and oxygen atoms in total. The lowest BCUT2D eigenvalue weighted by molar-refractivity contribution is -0.0681. The number of alkyl halides is 1. The second kappa shape index (κ2) is 11.2. The van der Waals surface area contributed by atoms with Crippen molar-refractivity contribution in [1.82, 2.24) is 39.0 Å². The molecule has 0 radical (unpaired) electrons. The Morgan fingerprint density at radius 1 is 0.867 bits per heavy atom. The Bertz CT molecular complexity index is 1850. The summed E-state index contributed by atoms with van der Waals surface area (Å²) in [4.78, 5) is 34.8. The van der Waals surface area contributed by atoms with Gasteiger partial charge in [-0.15, -0.1) is 0 Å². The third-order valence-corrected chi connectivity index (χ3v) is 9.83. The number of nitrogens with zero attached hydrogens (tertiary/aromatic N) is 8. The molecular formula is C21H25FN10O11P2. The first-order valence-electron chi connectivity index (χ1n) is 13.1. The van der Waals surface area contributed by atoms with E-state index in [0.29, 0.717) is 0 Å². The van der Waals surface area contributed by atoms with Crippen LogP contribution < -0.4 is 11.5 Å². The van der Waals surface area contributed by atoms with Crippen molar-refractivity contribution < 1.29 is 55.6 Å². The quantitative estimate of drug-likeness (QED) is 0.208. The molecule has 4 unspecified atom stereocenters. The van der Waals surface area contributed by atoms with Crippen LogP contribution in [-0.2, 0) is 41.2 Å². The minimum Gasteiger partial charge on any atom is -0.387 e. The molecular weight excluding hydrogens is 649 g/mol. The molecule has 3 saturated heterocycles. The lowest BCUT2D eigenvalue weighted by atomic mass is 10.1. The number of anilines is 2. The second-order valence-electron chi connectivity index (χ2n) is 10.1. The number of nitrogens with two attached hydrogens (primary N) is 2. The van der Waals surface area contributed by atoms with Crippen molar-refractivity contribution in [3.63, 3.8) is 0 Å². The van der Waals surface area contributed by atoms with Crippen LogP contribution in [0, 0.1) is 0 Å². The Kier molecular flexibility index (Phi) is 7.57. The number of ether oxygens (including phenoxy) is 2. The number of aliphatic hydroxyl groups excluding tert-OH is 1. The Morgan fingerprint density at radius 3 is 2.07 bits per heavy atom. The van der Waals surface area contributed by atoms with Crippen LogP contribution in [-0.4, -0.2) is 106 Å². The van der Waals surface area contributed by atoms with Gasteiger partial charge in [0.25, 0.3) is 0 Å². The van der Waals surface area contributed by atoms with Gasteiger partial charge in [0, 0.05) is 7.11 Å². The van der Waals surface area contributed by atoms with Gasteiger partial charge in [0.1, 0.15) is 54.2 Å². The highest BCUT2D eigenvalue weighted by Crippen LogP contribution is 2.56. The summed E-state index contributed by atoms with van der Waals surface area (Å²) < 4.78 is 83.6. The maximum Gasteiger partial charge on any atom is 0.475 e. The smallest absolute Gasteiger partial charge is 0.387 e. The van der Waals surface area contributed by atoms with Gasteiger partial charge < -0.3 is 30.9 Å². The molecule has 0 spiro atoms. The lowest BCUT2D eigenvalue weighted by Gasteiger charge is -2.27. The van der Waals surface area contributed by atoms with Crippen molar-refractivity contribution >= 4 is 49.6 Å². The molecule has 3 fully saturated rings. The Hall–Kier alpha value is -3.27. The van der Waals surface area contributed by atoms with Crippen molar-refractivity contribution in [2.24, 2.45) is 0 Å². The van der Waals surface area contributed by atoms with E-state index < -0.39 is 78.0 Å². The van der Waals surface area contributed by atoms with Gasteiger partial charge in [-0.2, -0.15) is 0 Å². The predicted molar refractivity (Wildman–Crippen MR) is 144 cm³/mol. The highest BCUT2D eigenvalue weighted by Gasteiger charge is 2.54. The predicted octanol–water partition coefficient (Wildman–Crippen LogP) is -0.00350. The molecule has 7 rings (SSSR count). The highest BCUT2D eigenvalue weighted by molar-refractivity contribution is 7.48. The van der Waals surface area contributed by atoms with E-state index in [2.05, 4.69) is 29.9 Å². The molecule has 3 aliphatic heterocycles. The zero-order valence-corrected chi connectivity index (χ0v) is 24.7. The summed E-state index contributed by atoms with van der Waals surface area (Å²) >= 11 is 0. The van der Waals surface area contributed by atoms with E-state index >= 15 is 4.39 Å². The van der Waals surface area contributed by atoms with Crippen LogP contribution in [0.25, 0.3) is 22.3 Å². The fraction of sp³-hybridized carbons (Fsp3) is 0.524. The normalized spacial score (nSPS) is 37.7. The zero-order chi connectivity index (χ0) is 31.7. The van der Waals surface area contributed by atoms with Crippen LogP contribution in [0.15, 0.2) is 25.3 Å².